The van der Waals surface area contributed by atoms with E-state index in [1.54, 1.807) is 0 Å². The van der Waals surface area contributed by atoms with Crippen LogP contribution < -0.4 is 5.32 Å². The molecule has 2 atom stereocenters. The summed E-state index contributed by atoms with van der Waals surface area (Å²) in [6.07, 6.45) is 0. The van der Waals surface area contributed by atoms with Gasteiger partial charge in [0.25, 0.3) is 0 Å². The Kier molecular flexibility index (Phi) is 7.59. The van der Waals surface area contributed by atoms with E-state index >= 15 is 0 Å². The lowest BCUT2D eigenvalue weighted by molar-refractivity contribution is 0.280. The first-order valence-electron chi connectivity index (χ1n) is 7.59. The van der Waals surface area contributed by atoms with Gasteiger partial charge in [-0.25, -0.2) is 0 Å². The fraction of sp³-hybridized carbons (Fsp3) is 0.867. The molecule has 0 saturated carbocycles. The van der Waals surface area contributed by atoms with Crippen LogP contribution in [0.15, 0.2) is 4.52 Å². The summed E-state index contributed by atoms with van der Waals surface area (Å²) in [6.45, 7) is 14.1. The number of hydrogen-bond acceptors (Lipinski definition) is 5. The van der Waals surface area contributed by atoms with Crippen molar-refractivity contribution in [1.82, 2.24) is 15.5 Å². The Labute approximate surface area is 127 Å². The monoisotopic (exact) mass is 299 g/mol. The molecule has 1 N–H and O–H groups in total. The largest absolute Gasteiger partial charge is 0.339 e. The predicted octanol–water partition coefficient (Wildman–Crippen LogP) is 3.70. The fourth-order valence-corrected chi connectivity index (χ4v) is 3.26. The average molecular weight is 299 g/mol. The zero-order valence-corrected chi connectivity index (χ0v) is 14.5. The van der Waals surface area contributed by atoms with Crippen LogP contribution in [0.25, 0.3) is 0 Å². The molecule has 0 spiro atoms. The Morgan fingerprint density at radius 2 is 1.90 bits per heavy atom. The van der Waals surface area contributed by atoms with E-state index in [2.05, 4.69) is 57.0 Å². The van der Waals surface area contributed by atoms with E-state index in [4.69, 9.17) is 4.52 Å². The number of nitrogens with one attached hydrogen (secondary N) is 1. The van der Waals surface area contributed by atoms with Crippen molar-refractivity contribution >= 4 is 11.8 Å². The summed E-state index contributed by atoms with van der Waals surface area (Å²) in [5, 5.41) is 7.58. The van der Waals surface area contributed by atoms with E-state index in [1.165, 1.54) is 0 Å². The van der Waals surface area contributed by atoms with Crippen LogP contribution >= 0.6 is 11.8 Å². The van der Waals surface area contributed by atoms with Crippen molar-refractivity contribution in [2.24, 2.45) is 11.8 Å². The van der Waals surface area contributed by atoms with Crippen LogP contribution in [0.1, 0.15) is 59.2 Å². The van der Waals surface area contributed by atoms with Crippen molar-refractivity contribution < 1.29 is 4.52 Å². The molecule has 0 aromatic carbocycles. The Bertz CT molecular complexity index is 379. The molecule has 1 aromatic heterocycles. The van der Waals surface area contributed by atoms with Crippen molar-refractivity contribution in [3.63, 3.8) is 0 Å². The summed E-state index contributed by atoms with van der Waals surface area (Å²) in [7, 11) is 0. The van der Waals surface area contributed by atoms with Crippen molar-refractivity contribution in [3.8, 4) is 0 Å². The van der Waals surface area contributed by atoms with Gasteiger partial charge in [-0.05, 0) is 31.1 Å². The summed E-state index contributed by atoms with van der Waals surface area (Å²) < 4.78 is 5.50. The SMILES string of the molecule is CCNC(C)C(c1nc(CSCC(C)C)no1)C(C)C. The van der Waals surface area contributed by atoms with E-state index in [1.807, 2.05) is 11.8 Å². The highest BCUT2D eigenvalue weighted by Gasteiger charge is 2.27. The highest BCUT2D eigenvalue weighted by molar-refractivity contribution is 7.98. The second-order valence-electron chi connectivity index (χ2n) is 6.07. The summed E-state index contributed by atoms with van der Waals surface area (Å²) in [5.74, 6) is 5.00. The highest BCUT2D eigenvalue weighted by atomic mass is 32.2. The third-order valence-electron chi connectivity index (χ3n) is 3.23. The lowest BCUT2D eigenvalue weighted by Crippen LogP contribution is -2.34. The lowest BCUT2D eigenvalue weighted by atomic mass is 9.89. The van der Waals surface area contributed by atoms with Gasteiger partial charge in [0, 0.05) is 6.04 Å². The lowest BCUT2D eigenvalue weighted by Gasteiger charge is -2.24. The molecule has 1 rings (SSSR count). The van der Waals surface area contributed by atoms with Crippen molar-refractivity contribution in [1.29, 1.82) is 0 Å². The van der Waals surface area contributed by atoms with E-state index in [0.717, 1.165) is 29.8 Å². The first kappa shape index (κ1) is 17.5. The van der Waals surface area contributed by atoms with E-state index in [9.17, 15) is 0 Å². The second kappa shape index (κ2) is 8.67. The van der Waals surface area contributed by atoms with Gasteiger partial charge < -0.3 is 9.84 Å². The average Bonchev–Trinajstić information content (AvgIpc) is 2.77. The molecule has 0 fully saturated rings. The summed E-state index contributed by atoms with van der Waals surface area (Å²) in [4.78, 5) is 4.59. The first-order chi connectivity index (χ1) is 9.45. The molecule has 116 valence electrons. The maximum Gasteiger partial charge on any atom is 0.231 e. The zero-order chi connectivity index (χ0) is 15.1. The minimum Gasteiger partial charge on any atom is -0.339 e. The van der Waals surface area contributed by atoms with Gasteiger partial charge in [-0.3, -0.25) is 0 Å². The Morgan fingerprint density at radius 3 is 2.45 bits per heavy atom. The molecule has 0 aliphatic rings. The van der Waals surface area contributed by atoms with Crippen LogP contribution in [0.4, 0.5) is 0 Å². The molecule has 0 saturated heterocycles. The van der Waals surface area contributed by atoms with Gasteiger partial charge in [0.15, 0.2) is 5.82 Å². The minimum absolute atomic E-state index is 0.270. The fourth-order valence-electron chi connectivity index (χ4n) is 2.37. The van der Waals surface area contributed by atoms with Gasteiger partial charge in [-0.2, -0.15) is 16.7 Å². The van der Waals surface area contributed by atoms with Gasteiger partial charge in [0.1, 0.15) is 0 Å². The Balaban J connectivity index is 2.66. The molecule has 1 heterocycles. The molecule has 0 bridgehead atoms. The van der Waals surface area contributed by atoms with E-state index in [-0.39, 0.29) is 5.92 Å². The van der Waals surface area contributed by atoms with Crippen LogP contribution in [0.3, 0.4) is 0 Å². The van der Waals surface area contributed by atoms with E-state index in [0.29, 0.717) is 17.9 Å². The number of nitrogens with zero attached hydrogens (tertiary/aromatic N) is 2. The molecule has 2 unspecified atom stereocenters. The smallest absolute Gasteiger partial charge is 0.231 e. The Hall–Kier alpha value is -0.550. The molecule has 4 nitrogen and oxygen atoms in total. The van der Waals surface area contributed by atoms with Crippen LogP contribution in [0.5, 0.6) is 0 Å². The molecular weight excluding hydrogens is 270 g/mol. The molecule has 0 amide bonds. The third-order valence-corrected chi connectivity index (χ3v) is 4.60. The summed E-state index contributed by atoms with van der Waals surface area (Å²) in [5.41, 5.74) is 0. The van der Waals surface area contributed by atoms with Crippen molar-refractivity contribution in [2.75, 3.05) is 12.3 Å². The van der Waals surface area contributed by atoms with Gasteiger partial charge in [0.2, 0.25) is 5.89 Å². The van der Waals surface area contributed by atoms with Crippen LogP contribution in [-0.2, 0) is 5.75 Å². The van der Waals surface area contributed by atoms with Gasteiger partial charge in [-0.1, -0.05) is 39.8 Å². The maximum absolute atomic E-state index is 5.50. The summed E-state index contributed by atoms with van der Waals surface area (Å²) >= 11 is 1.87. The van der Waals surface area contributed by atoms with Gasteiger partial charge in [0.05, 0.1) is 11.7 Å². The molecule has 20 heavy (non-hydrogen) atoms. The van der Waals surface area contributed by atoms with E-state index < -0.39 is 0 Å². The van der Waals surface area contributed by atoms with Gasteiger partial charge >= 0.3 is 0 Å². The summed E-state index contributed by atoms with van der Waals surface area (Å²) in [6, 6.07) is 0.344. The minimum atomic E-state index is 0.270. The second-order valence-corrected chi connectivity index (χ2v) is 7.10. The van der Waals surface area contributed by atoms with Crippen molar-refractivity contribution in [3.05, 3.63) is 11.7 Å². The van der Waals surface area contributed by atoms with Gasteiger partial charge in [-0.15, -0.1) is 0 Å². The number of likely N-dealkylation sites (N-methyl/N-ethyl adjacent to an activating group) is 1. The third kappa shape index (κ3) is 5.44. The molecule has 5 heteroatoms. The van der Waals surface area contributed by atoms with Crippen LogP contribution in [0.2, 0.25) is 0 Å². The highest BCUT2D eigenvalue weighted by Crippen LogP contribution is 2.27. The molecular formula is C15H29N3OS. The number of aromatic nitrogens is 2. The maximum atomic E-state index is 5.50. The predicted molar refractivity (Wildman–Crippen MR) is 86.0 cm³/mol. The number of thioether (sulfide) groups is 1. The molecule has 1 aromatic rings. The van der Waals surface area contributed by atoms with Crippen LogP contribution in [0, 0.1) is 11.8 Å². The normalized spacial score (nSPS) is 15.0. The molecule has 0 radical (unpaired) electrons. The molecule has 0 aliphatic carbocycles. The quantitative estimate of drug-likeness (QED) is 0.753. The first-order valence-corrected chi connectivity index (χ1v) is 8.74. The standard InChI is InChI=1S/C15H29N3OS/c1-7-16-12(6)14(11(4)5)15-17-13(18-19-15)9-20-8-10(2)3/h10-12,14,16H,7-9H2,1-6H3. The number of hydrogen-bond donors (Lipinski definition) is 1. The van der Waals surface area contributed by atoms with Crippen LogP contribution in [-0.4, -0.2) is 28.5 Å². The zero-order valence-electron chi connectivity index (χ0n) is 13.6. The topological polar surface area (TPSA) is 51.0 Å². The van der Waals surface area contributed by atoms with Crippen molar-refractivity contribution in [2.45, 2.75) is 59.3 Å². The number of rotatable bonds is 9. The molecule has 0 aliphatic heterocycles. The Morgan fingerprint density at radius 1 is 1.20 bits per heavy atom.